The van der Waals surface area contributed by atoms with E-state index in [1.54, 1.807) is 6.20 Å². The smallest absolute Gasteiger partial charge is 0.227 e. The minimum Gasteiger partial charge on any atom is -0.492 e. The summed E-state index contributed by atoms with van der Waals surface area (Å²) >= 11 is 0. The molecular formula is C21H27N3O3. The third kappa shape index (κ3) is 6.05. The molecule has 27 heavy (non-hydrogen) atoms. The second kappa shape index (κ2) is 10.0. The summed E-state index contributed by atoms with van der Waals surface area (Å²) in [5, 5.41) is 0. The number of aromatic nitrogens is 1. The number of rotatable bonds is 8. The minimum absolute atomic E-state index is 0.0592. The molecule has 3 rings (SSSR count). The summed E-state index contributed by atoms with van der Waals surface area (Å²) in [6.45, 7) is 2.84. The molecule has 6 heteroatoms. The van der Waals surface area contributed by atoms with Crippen LogP contribution >= 0.6 is 0 Å². The van der Waals surface area contributed by atoms with Crippen LogP contribution in [-0.2, 0) is 22.6 Å². The van der Waals surface area contributed by atoms with Crippen LogP contribution in [0.5, 0.6) is 5.75 Å². The summed E-state index contributed by atoms with van der Waals surface area (Å²) in [5.41, 5.74) is 7.33. The first-order valence-electron chi connectivity index (χ1n) is 9.45. The van der Waals surface area contributed by atoms with Crippen LogP contribution < -0.4 is 10.5 Å². The van der Waals surface area contributed by atoms with Gasteiger partial charge in [-0.3, -0.25) is 9.78 Å². The molecular weight excluding hydrogens is 342 g/mol. The van der Waals surface area contributed by atoms with Crippen LogP contribution in [-0.4, -0.2) is 48.1 Å². The van der Waals surface area contributed by atoms with Crippen molar-refractivity contribution in [1.29, 1.82) is 0 Å². The fraction of sp³-hybridized carbons (Fsp3) is 0.429. The predicted octanol–water partition coefficient (Wildman–Crippen LogP) is 2.17. The van der Waals surface area contributed by atoms with Gasteiger partial charge < -0.3 is 20.1 Å². The van der Waals surface area contributed by atoms with Crippen molar-refractivity contribution in [2.75, 3.05) is 26.2 Å². The zero-order valence-electron chi connectivity index (χ0n) is 15.5. The first-order valence-corrected chi connectivity index (χ1v) is 9.45. The first kappa shape index (κ1) is 19.3. The molecule has 1 fully saturated rings. The number of piperidine rings is 1. The van der Waals surface area contributed by atoms with Gasteiger partial charge in [0.1, 0.15) is 12.4 Å². The SMILES string of the molecule is NCCOc1cccc(CC(=O)N2CCC[C@H](OCc3ccccn3)C2)c1. The van der Waals surface area contributed by atoms with Crippen LogP contribution in [0, 0.1) is 0 Å². The van der Waals surface area contributed by atoms with Crippen LogP contribution in [0.25, 0.3) is 0 Å². The fourth-order valence-corrected chi connectivity index (χ4v) is 3.20. The normalized spacial score (nSPS) is 16.9. The van der Waals surface area contributed by atoms with Crippen molar-refractivity contribution in [1.82, 2.24) is 9.88 Å². The molecule has 0 aliphatic carbocycles. The van der Waals surface area contributed by atoms with E-state index in [4.69, 9.17) is 15.2 Å². The van der Waals surface area contributed by atoms with Crippen molar-refractivity contribution in [3.05, 3.63) is 59.9 Å². The molecule has 2 aromatic rings. The van der Waals surface area contributed by atoms with Gasteiger partial charge in [0.05, 0.1) is 24.8 Å². The van der Waals surface area contributed by atoms with E-state index in [0.717, 1.165) is 36.4 Å². The highest BCUT2D eigenvalue weighted by atomic mass is 16.5. The minimum atomic E-state index is 0.0592. The number of ether oxygens (including phenoxy) is 2. The van der Waals surface area contributed by atoms with Gasteiger partial charge in [0, 0.05) is 25.8 Å². The predicted molar refractivity (Wildman–Crippen MR) is 103 cm³/mol. The van der Waals surface area contributed by atoms with E-state index in [-0.39, 0.29) is 12.0 Å². The van der Waals surface area contributed by atoms with Crippen LogP contribution in [0.4, 0.5) is 0 Å². The fourth-order valence-electron chi connectivity index (χ4n) is 3.20. The summed E-state index contributed by atoms with van der Waals surface area (Å²) in [5.74, 6) is 0.873. The standard InChI is InChI=1S/C21H27N3O3/c22-9-12-26-19-7-3-5-17(13-19)14-21(25)24-11-4-8-20(15-24)27-16-18-6-1-2-10-23-18/h1-3,5-7,10,13,20H,4,8-9,11-12,14-16,22H2/t20-/m0/s1. The average Bonchev–Trinajstić information content (AvgIpc) is 2.72. The maximum atomic E-state index is 12.7. The van der Waals surface area contributed by atoms with Crippen molar-refractivity contribution >= 4 is 5.91 Å². The lowest BCUT2D eigenvalue weighted by molar-refractivity contribution is -0.134. The van der Waals surface area contributed by atoms with Gasteiger partial charge in [-0.25, -0.2) is 0 Å². The summed E-state index contributed by atoms with van der Waals surface area (Å²) < 4.78 is 11.5. The molecule has 0 bridgehead atoms. The molecule has 0 unspecified atom stereocenters. The van der Waals surface area contributed by atoms with Gasteiger partial charge in [-0.15, -0.1) is 0 Å². The number of likely N-dealkylation sites (tertiary alicyclic amines) is 1. The van der Waals surface area contributed by atoms with Gasteiger partial charge >= 0.3 is 0 Å². The number of nitrogens with zero attached hydrogens (tertiary/aromatic N) is 2. The van der Waals surface area contributed by atoms with E-state index >= 15 is 0 Å². The summed E-state index contributed by atoms with van der Waals surface area (Å²) in [6, 6.07) is 13.4. The van der Waals surface area contributed by atoms with E-state index < -0.39 is 0 Å². The van der Waals surface area contributed by atoms with E-state index in [1.165, 1.54) is 0 Å². The molecule has 1 aromatic heterocycles. The van der Waals surface area contributed by atoms with E-state index in [1.807, 2.05) is 47.4 Å². The van der Waals surface area contributed by atoms with Gasteiger partial charge in [-0.05, 0) is 42.7 Å². The molecule has 2 heterocycles. The van der Waals surface area contributed by atoms with Crippen LogP contribution in [0.1, 0.15) is 24.1 Å². The van der Waals surface area contributed by atoms with Gasteiger partial charge in [0.2, 0.25) is 5.91 Å². The zero-order chi connectivity index (χ0) is 18.9. The van der Waals surface area contributed by atoms with E-state index in [9.17, 15) is 4.79 Å². The maximum absolute atomic E-state index is 12.7. The van der Waals surface area contributed by atoms with Crippen LogP contribution in [0.2, 0.25) is 0 Å². The molecule has 1 aromatic carbocycles. The Morgan fingerprint density at radius 3 is 3.00 bits per heavy atom. The van der Waals surface area contributed by atoms with Crippen molar-refractivity contribution in [3.8, 4) is 5.75 Å². The van der Waals surface area contributed by atoms with Gasteiger partial charge in [0.25, 0.3) is 0 Å². The highest BCUT2D eigenvalue weighted by Crippen LogP contribution is 2.18. The Hall–Kier alpha value is -2.44. The number of hydrogen-bond acceptors (Lipinski definition) is 5. The lowest BCUT2D eigenvalue weighted by Crippen LogP contribution is -2.43. The Morgan fingerprint density at radius 2 is 2.19 bits per heavy atom. The lowest BCUT2D eigenvalue weighted by Gasteiger charge is -2.32. The van der Waals surface area contributed by atoms with E-state index in [2.05, 4.69) is 4.98 Å². The molecule has 1 atom stereocenters. The molecule has 6 nitrogen and oxygen atoms in total. The number of carbonyl (C=O) groups excluding carboxylic acids is 1. The monoisotopic (exact) mass is 369 g/mol. The summed E-state index contributed by atoms with van der Waals surface area (Å²) in [7, 11) is 0. The lowest BCUT2D eigenvalue weighted by atomic mass is 10.1. The van der Waals surface area contributed by atoms with Crippen molar-refractivity contribution < 1.29 is 14.3 Å². The third-order valence-corrected chi connectivity index (χ3v) is 4.56. The molecule has 1 aliphatic rings. The molecule has 1 saturated heterocycles. The van der Waals surface area contributed by atoms with Crippen LogP contribution in [0.15, 0.2) is 48.7 Å². The topological polar surface area (TPSA) is 77.7 Å². The number of benzene rings is 1. The molecule has 0 saturated carbocycles. The van der Waals surface area contributed by atoms with E-state index in [0.29, 0.717) is 32.7 Å². The van der Waals surface area contributed by atoms with Gasteiger partial charge in [-0.1, -0.05) is 18.2 Å². The number of pyridine rings is 1. The van der Waals surface area contributed by atoms with Crippen molar-refractivity contribution in [2.45, 2.75) is 32.0 Å². The van der Waals surface area contributed by atoms with Gasteiger partial charge in [-0.2, -0.15) is 0 Å². The second-order valence-electron chi connectivity index (χ2n) is 6.70. The number of hydrogen-bond donors (Lipinski definition) is 1. The number of carbonyl (C=O) groups is 1. The first-order chi connectivity index (χ1) is 13.2. The Kier molecular flexibility index (Phi) is 7.19. The molecule has 144 valence electrons. The molecule has 0 radical (unpaired) electrons. The molecule has 0 spiro atoms. The highest BCUT2D eigenvalue weighted by Gasteiger charge is 2.24. The van der Waals surface area contributed by atoms with Crippen molar-refractivity contribution in [3.63, 3.8) is 0 Å². The highest BCUT2D eigenvalue weighted by molar-refractivity contribution is 5.79. The Labute approximate surface area is 160 Å². The number of amides is 1. The Bertz CT molecular complexity index is 724. The van der Waals surface area contributed by atoms with Crippen LogP contribution in [0.3, 0.4) is 0 Å². The molecule has 1 amide bonds. The largest absolute Gasteiger partial charge is 0.492 e. The average molecular weight is 369 g/mol. The molecule has 1 aliphatic heterocycles. The van der Waals surface area contributed by atoms with Crippen molar-refractivity contribution in [2.24, 2.45) is 5.73 Å². The summed E-state index contributed by atoms with van der Waals surface area (Å²) in [6.07, 6.45) is 4.12. The number of nitrogens with two attached hydrogens (primary N) is 1. The quantitative estimate of drug-likeness (QED) is 0.772. The third-order valence-electron chi connectivity index (χ3n) is 4.56. The Morgan fingerprint density at radius 1 is 1.26 bits per heavy atom. The van der Waals surface area contributed by atoms with Gasteiger partial charge in [0.15, 0.2) is 0 Å². The summed E-state index contributed by atoms with van der Waals surface area (Å²) in [4.78, 5) is 18.9. The molecule has 2 N–H and O–H groups in total. The maximum Gasteiger partial charge on any atom is 0.227 e. The zero-order valence-corrected chi connectivity index (χ0v) is 15.5. The Balaban J connectivity index is 1.50. The second-order valence-corrected chi connectivity index (χ2v) is 6.70.